The van der Waals surface area contributed by atoms with E-state index in [0.717, 1.165) is 31.2 Å². The van der Waals surface area contributed by atoms with Gasteiger partial charge in [-0.2, -0.15) is 12.7 Å². The van der Waals surface area contributed by atoms with Gasteiger partial charge in [0.1, 0.15) is 12.4 Å². The Bertz CT molecular complexity index is 870. The minimum atomic E-state index is -3.91. The Hall–Kier alpha value is -2.10. The highest BCUT2D eigenvalue weighted by Crippen LogP contribution is 2.20. The van der Waals surface area contributed by atoms with Gasteiger partial charge in [0.2, 0.25) is 5.91 Å². The van der Waals surface area contributed by atoms with E-state index in [4.69, 9.17) is 0 Å². The Morgan fingerprint density at radius 3 is 2.19 bits per heavy atom. The van der Waals surface area contributed by atoms with Crippen LogP contribution in [0.1, 0.15) is 5.56 Å². The van der Waals surface area contributed by atoms with E-state index in [2.05, 4.69) is 5.32 Å². The zero-order valence-corrected chi connectivity index (χ0v) is 17.0. The molecular formula is C18H22FN3O3S2. The van der Waals surface area contributed by atoms with E-state index in [9.17, 15) is 17.6 Å². The van der Waals surface area contributed by atoms with E-state index >= 15 is 0 Å². The molecule has 0 fully saturated rings. The van der Waals surface area contributed by atoms with Crippen LogP contribution in [0.25, 0.3) is 0 Å². The van der Waals surface area contributed by atoms with Gasteiger partial charge in [0.25, 0.3) is 0 Å². The van der Waals surface area contributed by atoms with Crippen LogP contribution < -0.4 is 9.62 Å². The van der Waals surface area contributed by atoms with Crippen LogP contribution in [0.5, 0.6) is 0 Å². The average molecular weight is 412 g/mol. The summed E-state index contributed by atoms with van der Waals surface area (Å²) in [6, 6.07) is 12.7. The van der Waals surface area contributed by atoms with Crippen LogP contribution in [0.3, 0.4) is 0 Å². The summed E-state index contributed by atoms with van der Waals surface area (Å²) < 4.78 is 40.3. The number of thioether (sulfide) groups is 1. The number of rotatable bonds is 8. The normalized spacial score (nSPS) is 11.4. The molecule has 0 aliphatic carbocycles. The lowest BCUT2D eigenvalue weighted by Gasteiger charge is -2.26. The molecule has 0 heterocycles. The van der Waals surface area contributed by atoms with Crippen LogP contribution >= 0.6 is 11.8 Å². The Morgan fingerprint density at radius 1 is 1.07 bits per heavy atom. The van der Waals surface area contributed by atoms with Crippen molar-refractivity contribution in [2.45, 2.75) is 11.4 Å². The Morgan fingerprint density at radius 2 is 1.67 bits per heavy atom. The summed E-state index contributed by atoms with van der Waals surface area (Å²) in [5.74, 6) is -0.946. The zero-order valence-electron chi connectivity index (χ0n) is 15.3. The van der Waals surface area contributed by atoms with Crippen LogP contribution in [-0.4, -0.2) is 45.5 Å². The summed E-state index contributed by atoms with van der Waals surface area (Å²) in [6.07, 6.45) is 1.98. The number of hydrogen-bond donors (Lipinski definition) is 1. The second-order valence-electron chi connectivity index (χ2n) is 5.90. The lowest BCUT2D eigenvalue weighted by atomic mass is 10.2. The van der Waals surface area contributed by atoms with Gasteiger partial charge in [-0.05, 0) is 48.2 Å². The SMILES string of the molecule is CSc1ccc(CNC(=O)CN(c2ccc(F)cc2)S(=O)(=O)N(C)C)cc1. The lowest BCUT2D eigenvalue weighted by Crippen LogP contribution is -2.45. The number of hydrogen-bond acceptors (Lipinski definition) is 4. The molecule has 0 atom stereocenters. The van der Waals surface area contributed by atoms with Crippen molar-refractivity contribution in [1.82, 2.24) is 9.62 Å². The minimum Gasteiger partial charge on any atom is -0.350 e. The molecule has 0 spiro atoms. The van der Waals surface area contributed by atoms with E-state index in [1.807, 2.05) is 30.5 Å². The largest absolute Gasteiger partial charge is 0.350 e. The first-order valence-corrected chi connectivity index (χ1v) is 10.7. The molecule has 2 aromatic rings. The fourth-order valence-corrected chi connectivity index (χ4v) is 3.71. The van der Waals surface area contributed by atoms with E-state index in [0.29, 0.717) is 0 Å². The van der Waals surface area contributed by atoms with Gasteiger partial charge in [-0.3, -0.25) is 4.79 Å². The highest BCUT2D eigenvalue weighted by atomic mass is 32.2. The Labute approximate surface area is 163 Å². The van der Waals surface area contributed by atoms with Gasteiger partial charge in [-0.15, -0.1) is 11.8 Å². The smallest absolute Gasteiger partial charge is 0.304 e. The van der Waals surface area contributed by atoms with Crippen molar-refractivity contribution in [3.8, 4) is 0 Å². The highest BCUT2D eigenvalue weighted by molar-refractivity contribution is 7.98. The van der Waals surface area contributed by atoms with Crippen molar-refractivity contribution >= 4 is 33.6 Å². The van der Waals surface area contributed by atoms with Crippen molar-refractivity contribution in [3.63, 3.8) is 0 Å². The first-order valence-electron chi connectivity index (χ1n) is 8.09. The van der Waals surface area contributed by atoms with E-state index < -0.39 is 28.5 Å². The van der Waals surface area contributed by atoms with Crippen LogP contribution in [0, 0.1) is 5.82 Å². The molecule has 27 heavy (non-hydrogen) atoms. The van der Waals surface area contributed by atoms with E-state index in [-0.39, 0.29) is 12.2 Å². The summed E-state index contributed by atoms with van der Waals surface area (Å²) in [6.45, 7) is -0.123. The molecule has 0 unspecified atom stereocenters. The second-order valence-corrected chi connectivity index (χ2v) is 8.84. The summed E-state index contributed by atoms with van der Waals surface area (Å²) >= 11 is 1.62. The number of carbonyl (C=O) groups excluding carboxylic acids is 1. The maximum absolute atomic E-state index is 13.2. The van der Waals surface area contributed by atoms with Gasteiger partial charge in [-0.25, -0.2) is 8.70 Å². The molecule has 0 saturated carbocycles. The fraction of sp³-hybridized carbons (Fsp3) is 0.278. The second kappa shape index (κ2) is 9.20. The van der Waals surface area contributed by atoms with Crippen molar-refractivity contribution in [2.75, 3.05) is 31.2 Å². The predicted octanol–water partition coefficient (Wildman–Crippen LogP) is 2.48. The van der Waals surface area contributed by atoms with E-state index in [1.165, 1.54) is 26.2 Å². The molecule has 0 aromatic heterocycles. The first-order chi connectivity index (χ1) is 12.7. The van der Waals surface area contributed by atoms with Crippen LogP contribution in [0.15, 0.2) is 53.4 Å². The van der Waals surface area contributed by atoms with Gasteiger partial charge in [0, 0.05) is 25.5 Å². The van der Waals surface area contributed by atoms with E-state index in [1.54, 1.807) is 11.8 Å². The molecule has 0 aliphatic heterocycles. The molecule has 0 bridgehead atoms. The predicted molar refractivity (Wildman–Crippen MR) is 106 cm³/mol. The summed E-state index contributed by atoms with van der Waals surface area (Å²) in [5, 5.41) is 2.71. The number of nitrogens with one attached hydrogen (secondary N) is 1. The fourth-order valence-electron chi connectivity index (χ4n) is 2.24. The molecule has 0 aliphatic rings. The van der Waals surface area contributed by atoms with Crippen molar-refractivity contribution < 1.29 is 17.6 Å². The van der Waals surface area contributed by atoms with Gasteiger partial charge >= 0.3 is 10.2 Å². The number of benzene rings is 2. The summed E-state index contributed by atoms with van der Waals surface area (Å²) in [4.78, 5) is 13.5. The minimum absolute atomic E-state index is 0.213. The number of carbonyl (C=O) groups is 1. The monoisotopic (exact) mass is 411 g/mol. The molecule has 2 aromatic carbocycles. The molecular weight excluding hydrogens is 389 g/mol. The van der Waals surface area contributed by atoms with Crippen LogP contribution in [-0.2, 0) is 21.5 Å². The highest BCUT2D eigenvalue weighted by Gasteiger charge is 2.27. The summed E-state index contributed by atoms with van der Waals surface area (Å²) in [7, 11) is -1.17. The van der Waals surface area contributed by atoms with Gasteiger partial charge in [0.15, 0.2) is 0 Å². The van der Waals surface area contributed by atoms with Gasteiger partial charge in [0.05, 0.1) is 5.69 Å². The van der Waals surface area contributed by atoms with Crippen molar-refractivity contribution in [2.24, 2.45) is 0 Å². The quantitative estimate of drug-likeness (QED) is 0.678. The standard InChI is InChI=1S/C18H22FN3O3S2/c1-21(2)27(24,25)22(16-8-6-15(19)7-9-16)13-18(23)20-12-14-4-10-17(26-3)11-5-14/h4-11H,12-13H2,1-3H3,(H,20,23). The summed E-state index contributed by atoms with van der Waals surface area (Å²) in [5.41, 5.74) is 1.12. The van der Waals surface area contributed by atoms with Gasteiger partial charge < -0.3 is 5.32 Å². The van der Waals surface area contributed by atoms with Crippen LogP contribution in [0.2, 0.25) is 0 Å². The molecule has 0 saturated heterocycles. The maximum Gasteiger partial charge on any atom is 0.304 e. The lowest BCUT2D eigenvalue weighted by molar-refractivity contribution is -0.119. The number of halogens is 1. The topological polar surface area (TPSA) is 69.7 Å². The van der Waals surface area contributed by atoms with Crippen molar-refractivity contribution in [1.29, 1.82) is 0 Å². The third kappa shape index (κ3) is 5.69. The molecule has 1 amide bonds. The zero-order chi connectivity index (χ0) is 20.0. The number of anilines is 1. The van der Waals surface area contributed by atoms with Gasteiger partial charge in [-0.1, -0.05) is 12.1 Å². The Kier molecular flexibility index (Phi) is 7.23. The third-order valence-electron chi connectivity index (χ3n) is 3.79. The average Bonchev–Trinajstić information content (AvgIpc) is 2.65. The molecule has 146 valence electrons. The molecule has 9 heteroatoms. The first kappa shape index (κ1) is 21.2. The number of amides is 1. The molecule has 1 N–H and O–H groups in total. The third-order valence-corrected chi connectivity index (χ3v) is 6.35. The van der Waals surface area contributed by atoms with Crippen molar-refractivity contribution in [3.05, 3.63) is 59.9 Å². The molecule has 0 radical (unpaired) electrons. The molecule has 6 nitrogen and oxygen atoms in total. The van der Waals surface area contributed by atoms with Crippen LogP contribution in [0.4, 0.5) is 10.1 Å². The number of nitrogens with zero attached hydrogens (tertiary/aromatic N) is 2. The molecule has 2 rings (SSSR count). The Balaban J connectivity index is 2.11. The maximum atomic E-state index is 13.2.